The van der Waals surface area contributed by atoms with Crippen LogP contribution in [0.3, 0.4) is 0 Å². The molecule has 1 heterocycles. The van der Waals surface area contributed by atoms with Crippen LogP contribution in [0.2, 0.25) is 0 Å². The summed E-state index contributed by atoms with van der Waals surface area (Å²) in [5, 5.41) is 0. The quantitative estimate of drug-likeness (QED) is 0.564. The molecule has 1 unspecified atom stereocenters. The van der Waals surface area contributed by atoms with E-state index in [1.54, 1.807) is 11.9 Å². The topological polar surface area (TPSA) is 23.6 Å². The predicted molar refractivity (Wildman–Crippen MR) is 40.1 cm³/mol. The number of nitrogens with zero attached hydrogens (tertiary/aromatic N) is 2. The van der Waals surface area contributed by atoms with Crippen LogP contribution in [-0.4, -0.2) is 55.1 Å². The largest absolute Gasteiger partial charge is 0.410 e. The fraction of sp³-hybridized carbons (Fsp3) is 0.857. The lowest BCUT2D eigenvalue weighted by Gasteiger charge is -2.38. The van der Waals surface area contributed by atoms with Crippen LogP contribution in [0.25, 0.3) is 0 Å². The average Bonchev–Trinajstić information content (AvgIpc) is 2.03. The van der Waals surface area contributed by atoms with Crippen molar-refractivity contribution in [2.45, 2.75) is 12.2 Å². The number of carbonyl (C=O) groups excluding carboxylic acids is 1. The fourth-order valence-corrected chi connectivity index (χ4v) is 1.35. The summed E-state index contributed by atoms with van der Waals surface area (Å²) < 4.78 is 37.0. The highest BCUT2D eigenvalue weighted by atomic mass is 19.4. The van der Waals surface area contributed by atoms with E-state index in [0.717, 1.165) is 4.90 Å². The number of halogens is 3. The van der Waals surface area contributed by atoms with Gasteiger partial charge in [-0.25, -0.2) is 0 Å². The van der Waals surface area contributed by atoms with Gasteiger partial charge in [0.25, 0.3) is 0 Å². The van der Waals surface area contributed by atoms with Crippen molar-refractivity contribution < 1.29 is 18.0 Å². The Morgan fingerprint density at radius 1 is 1.38 bits per heavy atom. The van der Waals surface area contributed by atoms with E-state index in [9.17, 15) is 18.0 Å². The van der Waals surface area contributed by atoms with Gasteiger partial charge >= 0.3 is 6.18 Å². The minimum atomic E-state index is -4.32. The van der Waals surface area contributed by atoms with Crippen LogP contribution in [-0.2, 0) is 4.79 Å². The Kier molecular flexibility index (Phi) is 2.80. The van der Waals surface area contributed by atoms with Crippen LogP contribution in [0.5, 0.6) is 0 Å². The predicted octanol–water partition coefficient (Wildman–Crippen LogP) is 0.321. The summed E-state index contributed by atoms with van der Waals surface area (Å²) in [6.45, 7) is 0.498. The molecule has 0 radical (unpaired) electrons. The Hall–Kier alpha value is -0.780. The first-order chi connectivity index (χ1) is 5.95. The molecule has 3 nitrogen and oxygen atoms in total. The van der Waals surface area contributed by atoms with E-state index in [4.69, 9.17) is 0 Å². The van der Waals surface area contributed by atoms with Gasteiger partial charge in [-0.3, -0.25) is 4.79 Å². The molecule has 76 valence electrons. The fourth-order valence-electron chi connectivity index (χ4n) is 1.35. The highest BCUT2D eigenvalue weighted by Gasteiger charge is 2.45. The Bertz CT molecular complexity index is 195. The molecule has 13 heavy (non-hydrogen) atoms. The number of carbonyl (C=O) groups is 1. The average molecular weight is 196 g/mol. The number of piperazine rings is 1. The van der Waals surface area contributed by atoms with Gasteiger partial charge in [0.2, 0.25) is 6.41 Å². The Balaban J connectivity index is 2.71. The number of likely N-dealkylation sites (N-methyl/N-ethyl adjacent to an activating group) is 1. The minimum absolute atomic E-state index is 0.137. The van der Waals surface area contributed by atoms with E-state index in [-0.39, 0.29) is 19.5 Å². The van der Waals surface area contributed by atoms with E-state index in [0.29, 0.717) is 6.54 Å². The second-order valence-corrected chi connectivity index (χ2v) is 3.16. The lowest BCUT2D eigenvalue weighted by Crippen LogP contribution is -2.57. The summed E-state index contributed by atoms with van der Waals surface area (Å²) in [4.78, 5) is 12.7. The van der Waals surface area contributed by atoms with Crippen LogP contribution in [0.4, 0.5) is 13.2 Å². The Morgan fingerprint density at radius 3 is 2.46 bits per heavy atom. The zero-order valence-corrected chi connectivity index (χ0v) is 7.21. The lowest BCUT2D eigenvalue weighted by atomic mass is 10.2. The zero-order valence-electron chi connectivity index (χ0n) is 7.21. The van der Waals surface area contributed by atoms with Crippen LogP contribution < -0.4 is 0 Å². The van der Waals surface area contributed by atoms with Crippen molar-refractivity contribution in [1.29, 1.82) is 0 Å². The van der Waals surface area contributed by atoms with Crippen LogP contribution in [0, 0.1) is 0 Å². The summed E-state index contributed by atoms with van der Waals surface area (Å²) in [6, 6.07) is -1.65. The van der Waals surface area contributed by atoms with Gasteiger partial charge < -0.3 is 9.80 Å². The number of amides is 1. The first-order valence-corrected chi connectivity index (χ1v) is 3.91. The molecular weight excluding hydrogens is 185 g/mol. The van der Waals surface area contributed by atoms with Crippen molar-refractivity contribution in [2.24, 2.45) is 0 Å². The molecule has 0 aromatic carbocycles. The number of rotatable bonds is 1. The van der Waals surface area contributed by atoms with E-state index >= 15 is 0 Å². The van der Waals surface area contributed by atoms with E-state index in [2.05, 4.69) is 0 Å². The maximum atomic E-state index is 12.3. The molecule has 0 N–H and O–H groups in total. The minimum Gasteiger partial charge on any atom is -0.331 e. The third-order valence-electron chi connectivity index (χ3n) is 2.14. The van der Waals surface area contributed by atoms with Crippen molar-refractivity contribution >= 4 is 6.41 Å². The van der Waals surface area contributed by atoms with Gasteiger partial charge in [0, 0.05) is 19.6 Å². The first kappa shape index (κ1) is 10.3. The molecule has 0 aliphatic carbocycles. The third-order valence-corrected chi connectivity index (χ3v) is 2.14. The van der Waals surface area contributed by atoms with Crippen LogP contribution in [0.1, 0.15) is 0 Å². The highest BCUT2D eigenvalue weighted by molar-refractivity contribution is 5.48. The highest BCUT2D eigenvalue weighted by Crippen LogP contribution is 2.26. The van der Waals surface area contributed by atoms with Gasteiger partial charge in [-0.15, -0.1) is 0 Å². The maximum Gasteiger partial charge on any atom is 0.410 e. The van der Waals surface area contributed by atoms with Gasteiger partial charge in [-0.05, 0) is 7.05 Å². The summed E-state index contributed by atoms with van der Waals surface area (Å²) in [5.41, 5.74) is 0. The molecule has 1 saturated heterocycles. The molecule has 1 aliphatic rings. The molecule has 6 heteroatoms. The second kappa shape index (κ2) is 3.53. The van der Waals surface area contributed by atoms with Gasteiger partial charge in [0.1, 0.15) is 6.04 Å². The lowest BCUT2D eigenvalue weighted by molar-refractivity contribution is -0.195. The van der Waals surface area contributed by atoms with Crippen LogP contribution >= 0.6 is 0 Å². The van der Waals surface area contributed by atoms with Crippen molar-refractivity contribution in [2.75, 3.05) is 26.7 Å². The maximum absolute atomic E-state index is 12.3. The number of alkyl halides is 3. The van der Waals surface area contributed by atoms with Crippen LogP contribution in [0.15, 0.2) is 0 Å². The van der Waals surface area contributed by atoms with Crippen molar-refractivity contribution in [3.8, 4) is 0 Å². The van der Waals surface area contributed by atoms with Gasteiger partial charge in [-0.1, -0.05) is 0 Å². The standard InChI is InChI=1S/C7H11F3N2O/c1-11-2-3-12(5-13)6(4-11)7(8,9)10/h5-6H,2-4H2,1H3. The molecule has 1 amide bonds. The van der Waals surface area contributed by atoms with E-state index < -0.39 is 12.2 Å². The van der Waals surface area contributed by atoms with Gasteiger partial charge in [0.05, 0.1) is 0 Å². The van der Waals surface area contributed by atoms with Gasteiger partial charge in [0.15, 0.2) is 0 Å². The number of hydrogen-bond acceptors (Lipinski definition) is 2. The van der Waals surface area contributed by atoms with Crippen molar-refractivity contribution in [1.82, 2.24) is 9.80 Å². The van der Waals surface area contributed by atoms with E-state index in [1.807, 2.05) is 0 Å². The molecule has 1 aliphatic heterocycles. The molecule has 0 bridgehead atoms. The third kappa shape index (κ3) is 2.33. The summed E-state index contributed by atoms with van der Waals surface area (Å²) in [6.07, 6.45) is -4.05. The molecule has 1 rings (SSSR count). The molecule has 0 aromatic rings. The molecule has 0 saturated carbocycles. The first-order valence-electron chi connectivity index (χ1n) is 3.91. The SMILES string of the molecule is CN1CCN(C=O)C(C(F)(F)F)C1. The number of hydrogen-bond donors (Lipinski definition) is 0. The Morgan fingerprint density at radius 2 is 2.00 bits per heavy atom. The zero-order chi connectivity index (χ0) is 10.1. The molecule has 0 aromatic heterocycles. The molecule has 1 fully saturated rings. The summed E-state index contributed by atoms with van der Waals surface area (Å²) in [7, 11) is 1.61. The molecule has 1 atom stereocenters. The molecular formula is C7H11F3N2O. The molecule has 0 spiro atoms. The van der Waals surface area contributed by atoms with Gasteiger partial charge in [-0.2, -0.15) is 13.2 Å². The van der Waals surface area contributed by atoms with E-state index in [1.165, 1.54) is 0 Å². The smallest absolute Gasteiger partial charge is 0.331 e. The van der Waals surface area contributed by atoms with Crippen molar-refractivity contribution in [3.63, 3.8) is 0 Å². The monoisotopic (exact) mass is 196 g/mol. The Labute approximate surface area is 74.1 Å². The second-order valence-electron chi connectivity index (χ2n) is 3.16. The van der Waals surface area contributed by atoms with Crippen molar-refractivity contribution in [3.05, 3.63) is 0 Å². The summed E-state index contributed by atoms with van der Waals surface area (Å²) in [5.74, 6) is 0. The normalized spacial score (nSPS) is 26.2. The summed E-state index contributed by atoms with van der Waals surface area (Å²) >= 11 is 0.